The third-order valence-electron chi connectivity index (χ3n) is 10.0. The maximum Gasteiger partial charge on any atom is 0.167 e. The summed E-state index contributed by atoms with van der Waals surface area (Å²) >= 11 is 1.71. The topological polar surface area (TPSA) is 90.5 Å². The number of hydrogen-bond acceptors (Lipinski definition) is 8. The Morgan fingerprint density at radius 1 is 0.339 bits per heavy atom. The maximum absolute atomic E-state index is 6.44. The van der Waals surface area contributed by atoms with Crippen LogP contribution in [-0.4, -0.2) is 29.9 Å². The van der Waals surface area contributed by atoms with E-state index in [0.29, 0.717) is 34.9 Å². The lowest BCUT2D eigenvalue weighted by atomic mass is 10.1. The zero-order chi connectivity index (χ0) is 37.0. The second-order valence-corrected chi connectivity index (χ2v) is 14.5. The average molecular weight is 737 g/mol. The minimum atomic E-state index is 0.553. The van der Waals surface area contributed by atoms with Crippen LogP contribution in [0.3, 0.4) is 0 Å². The van der Waals surface area contributed by atoms with Gasteiger partial charge >= 0.3 is 0 Å². The van der Waals surface area contributed by atoms with Gasteiger partial charge in [-0.25, -0.2) is 29.9 Å². The highest BCUT2D eigenvalue weighted by atomic mass is 32.1. The quantitative estimate of drug-likeness (QED) is 0.168. The predicted octanol–water partition coefficient (Wildman–Crippen LogP) is 12.3. The summed E-state index contributed by atoms with van der Waals surface area (Å²) < 4.78 is 8.63. The largest absolute Gasteiger partial charge is 0.455 e. The first-order valence-electron chi connectivity index (χ1n) is 18.3. The molecule has 0 bridgehead atoms. The molecule has 0 amide bonds. The first-order valence-corrected chi connectivity index (χ1v) is 19.1. The van der Waals surface area contributed by atoms with Crippen molar-refractivity contribution < 1.29 is 4.42 Å². The normalized spacial score (nSPS) is 11.6. The molecule has 0 saturated carbocycles. The molecule has 8 heteroatoms. The molecule has 0 N–H and O–H groups in total. The maximum atomic E-state index is 6.44. The first kappa shape index (κ1) is 32.0. The van der Waals surface area contributed by atoms with Crippen molar-refractivity contribution in [1.82, 2.24) is 29.9 Å². The van der Waals surface area contributed by atoms with Crippen molar-refractivity contribution in [3.8, 4) is 68.3 Å². The lowest BCUT2D eigenvalue weighted by Crippen LogP contribution is -2.00. The number of furan rings is 1. The van der Waals surface area contributed by atoms with E-state index in [1.165, 1.54) is 0 Å². The fourth-order valence-corrected chi connectivity index (χ4v) is 8.56. The van der Waals surface area contributed by atoms with Gasteiger partial charge in [-0.1, -0.05) is 146 Å². The van der Waals surface area contributed by atoms with Gasteiger partial charge in [0.05, 0.1) is 5.56 Å². The molecule has 11 aromatic rings. The third-order valence-corrected chi connectivity index (χ3v) is 11.2. The molecule has 11 rings (SSSR count). The van der Waals surface area contributed by atoms with E-state index in [0.717, 1.165) is 75.5 Å². The number of hydrogen-bond donors (Lipinski definition) is 0. The van der Waals surface area contributed by atoms with Crippen molar-refractivity contribution >= 4 is 53.4 Å². The molecule has 0 spiro atoms. The van der Waals surface area contributed by atoms with Gasteiger partial charge in [0.25, 0.3) is 0 Å². The first-order chi connectivity index (χ1) is 27.7. The summed E-state index contributed by atoms with van der Waals surface area (Å²) in [7, 11) is 0. The zero-order valence-corrected chi connectivity index (χ0v) is 30.5. The summed E-state index contributed by atoms with van der Waals surface area (Å²) in [5.74, 6) is 3.62. The van der Waals surface area contributed by atoms with E-state index in [-0.39, 0.29) is 0 Å². The zero-order valence-electron chi connectivity index (χ0n) is 29.7. The molecule has 0 fully saturated rings. The van der Waals surface area contributed by atoms with Crippen LogP contribution < -0.4 is 0 Å². The molecule has 56 heavy (non-hydrogen) atoms. The molecule has 0 aliphatic rings. The van der Waals surface area contributed by atoms with Gasteiger partial charge in [0.2, 0.25) is 0 Å². The Morgan fingerprint density at radius 2 is 0.821 bits per heavy atom. The molecular weight excluding hydrogens is 709 g/mol. The van der Waals surface area contributed by atoms with E-state index in [1.54, 1.807) is 11.3 Å². The Balaban J connectivity index is 1.08. The molecule has 7 nitrogen and oxygen atoms in total. The Bertz CT molecular complexity index is 3200. The molecule has 0 radical (unpaired) electrons. The standard InChI is InChI=1S/C48H28N6OS/c1-4-14-29(15-5-1)43-49-44(30-16-6-2-7-17-30)51-46(50-43)32-26-27-34-36-22-13-24-38(42(36)56-40(34)28-32)48-53-45(31-18-8-3-9-19-31)52-47(54-48)37-23-12-21-35-33-20-10-11-25-39(33)55-41(35)37/h1-28H. The van der Waals surface area contributed by atoms with Crippen LogP contribution in [0.15, 0.2) is 174 Å². The van der Waals surface area contributed by atoms with Crippen LogP contribution in [-0.2, 0) is 0 Å². The van der Waals surface area contributed by atoms with Crippen LogP contribution >= 0.6 is 11.3 Å². The van der Waals surface area contributed by atoms with Crippen LogP contribution in [0.2, 0.25) is 0 Å². The third kappa shape index (κ3) is 5.51. The second kappa shape index (κ2) is 13.2. The van der Waals surface area contributed by atoms with Crippen molar-refractivity contribution in [3.63, 3.8) is 0 Å². The number of rotatable bonds is 6. The van der Waals surface area contributed by atoms with Gasteiger partial charge in [-0.05, 0) is 24.3 Å². The van der Waals surface area contributed by atoms with Gasteiger partial charge in [0.1, 0.15) is 11.2 Å². The highest BCUT2D eigenvalue weighted by Crippen LogP contribution is 2.42. The molecule has 0 saturated heterocycles. The van der Waals surface area contributed by atoms with E-state index in [1.807, 2.05) is 121 Å². The summed E-state index contributed by atoms with van der Waals surface area (Å²) in [5, 5.41) is 4.35. The van der Waals surface area contributed by atoms with Crippen molar-refractivity contribution in [2.75, 3.05) is 0 Å². The summed E-state index contributed by atoms with van der Waals surface area (Å²) in [6, 6.07) is 57.2. The number of fused-ring (bicyclic) bond motifs is 6. The van der Waals surface area contributed by atoms with E-state index < -0.39 is 0 Å². The molecule has 4 heterocycles. The van der Waals surface area contributed by atoms with E-state index in [9.17, 15) is 0 Å². The Labute approximate surface area is 324 Å². The predicted molar refractivity (Wildman–Crippen MR) is 226 cm³/mol. The number of thiophene rings is 1. The van der Waals surface area contributed by atoms with Crippen LogP contribution in [0.4, 0.5) is 0 Å². The lowest BCUT2D eigenvalue weighted by molar-refractivity contribution is 0.669. The molecule has 4 aromatic heterocycles. The fraction of sp³-hybridized carbons (Fsp3) is 0. The van der Waals surface area contributed by atoms with Gasteiger partial charge in [-0.15, -0.1) is 11.3 Å². The average Bonchev–Trinajstić information content (AvgIpc) is 3.85. The summed E-state index contributed by atoms with van der Waals surface area (Å²) in [5.41, 5.74) is 7.01. The smallest absolute Gasteiger partial charge is 0.167 e. The van der Waals surface area contributed by atoms with Gasteiger partial charge in [-0.2, -0.15) is 0 Å². The van der Waals surface area contributed by atoms with Gasteiger partial charge in [-0.3, -0.25) is 0 Å². The molecule has 262 valence electrons. The van der Waals surface area contributed by atoms with Crippen molar-refractivity contribution in [1.29, 1.82) is 0 Å². The van der Waals surface area contributed by atoms with Crippen molar-refractivity contribution in [3.05, 3.63) is 170 Å². The Morgan fingerprint density at radius 3 is 1.46 bits per heavy atom. The van der Waals surface area contributed by atoms with Crippen molar-refractivity contribution in [2.24, 2.45) is 0 Å². The SMILES string of the molecule is c1ccc(-c2nc(-c3ccccc3)nc(-c3ccc4c(c3)sc3c(-c5nc(-c6ccccc6)nc(-c6cccc7c6oc6ccccc67)n5)cccc34)n2)cc1. The van der Waals surface area contributed by atoms with Gasteiger partial charge in [0, 0.05) is 58.8 Å². The van der Waals surface area contributed by atoms with E-state index >= 15 is 0 Å². The molecule has 0 unspecified atom stereocenters. The second-order valence-electron chi connectivity index (χ2n) is 13.5. The number of nitrogens with zero attached hydrogens (tertiary/aromatic N) is 6. The molecule has 0 aliphatic carbocycles. The highest BCUT2D eigenvalue weighted by molar-refractivity contribution is 7.26. The van der Waals surface area contributed by atoms with Crippen LogP contribution in [0.1, 0.15) is 0 Å². The number of aromatic nitrogens is 6. The molecule has 0 atom stereocenters. The van der Waals surface area contributed by atoms with E-state index in [4.69, 9.17) is 34.3 Å². The van der Waals surface area contributed by atoms with Crippen LogP contribution in [0, 0.1) is 0 Å². The highest BCUT2D eigenvalue weighted by Gasteiger charge is 2.20. The minimum Gasteiger partial charge on any atom is -0.455 e. The summed E-state index contributed by atoms with van der Waals surface area (Å²) in [6.07, 6.45) is 0. The molecule has 0 aliphatic heterocycles. The van der Waals surface area contributed by atoms with Crippen LogP contribution in [0.5, 0.6) is 0 Å². The molecular formula is C48H28N6OS. The van der Waals surface area contributed by atoms with Gasteiger partial charge < -0.3 is 4.42 Å². The number of para-hydroxylation sites is 2. The fourth-order valence-electron chi connectivity index (χ4n) is 7.31. The minimum absolute atomic E-state index is 0.553. The monoisotopic (exact) mass is 736 g/mol. The Hall–Kier alpha value is -7.42. The lowest BCUT2D eigenvalue weighted by Gasteiger charge is -2.09. The van der Waals surface area contributed by atoms with Gasteiger partial charge in [0.15, 0.2) is 34.9 Å². The van der Waals surface area contributed by atoms with E-state index in [2.05, 4.69) is 48.5 Å². The van der Waals surface area contributed by atoms with Crippen LogP contribution in [0.25, 0.3) is 110 Å². The Kier molecular flexibility index (Phi) is 7.53. The van der Waals surface area contributed by atoms with Crippen molar-refractivity contribution in [2.45, 2.75) is 0 Å². The summed E-state index contributed by atoms with van der Waals surface area (Å²) in [4.78, 5) is 30.2. The summed E-state index contributed by atoms with van der Waals surface area (Å²) in [6.45, 7) is 0. The number of benzene rings is 7. The molecule has 7 aromatic carbocycles.